The molecule has 0 radical (unpaired) electrons. The Labute approximate surface area is 114 Å². The Morgan fingerprint density at radius 1 is 1.00 bits per heavy atom. The molecule has 1 atom stereocenters. The highest BCUT2D eigenvalue weighted by molar-refractivity contribution is 5.23. The van der Waals surface area contributed by atoms with Gasteiger partial charge in [0, 0.05) is 11.6 Å². The van der Waals surface area contributed by atoms with Crippen LogP contribution < -0.4 is 5.73 Å². The van der Waals surface area contributed by atoms with E-state index in [9.17, 15) is 8.78 Å². The average molecular weight is 267 g/mol. The molecule has 19 heavy (non-hydrogen) atoms. The zero-order chi connectivity index (χ0) is 14.0. The van der Waals surface area contributed by atoms with Crippen molar-refractivity contribution >= 4 is 0 Å². The quantitative estimate of drug-likeness (QED) is 0.861. The zero-order valence-corrected chi connectivity index (χ0v) is 11.7. The van der Waals surface area contributed by atoms with E-state index in [1.807, 2.05) is 0 Å². The van der Waals surface area contributed by atoms with E-state index in [2.05, 4.69) is 13.8 Å². The zero-order valence-electron chi connectivity index (χ0n) is 11.7. The Morgan fingerprint density at radius 3 is 1.95 bits per heavy atom. The van der Waals surface area contributed by atoms with Crippen LogP contribution in [0.3, 0.4) is 0 Å². The molecule has 106 valence electrons. The van der Waals surface area contributed by atoms with Crippen LogP contribution in [-0.4, -0.2) is 0 Å². The SMILES string of the molecule is CC(C)C1CCC(C(N)c2c(F)cccc2F)CC1. The summed E-state index contributed by atoms with van der Waals surface area (Å²) < 4.78 is 27.5. The number of rotatable bonds is 3. The lowest BCUT2D eigenvalue weighted by Crippen LogP contribution is -2.28. The molecule has 1 aliphatic rings. The molecule has 3 heteroatoms. The molecule has 1 unspecified atom stereocenters. The first-order valence-electron chi connectivity index (χ1n) is 7.20. The van der Waals surface area contributed by atoms with Crippen LogP contribution in [0.4, 0.5) is 8.78 Å². The molecule has 1 aromatic carbocycles. The van der Waals surface area contributed by atoms with Crippen molar-refractivity contribution < 1.29 is 8.78 Å². The molecule has 2 rings (SSSR count). The van der Waals surface area contributed by atoms with Gasteiger partial charge < -0.3 is 5.73 Å². The van der Waals surface area contributed by atoms with E-state index in [1.54, 1.807) is 0 Å². The van der Waals surface area contributed by atoms with Gasteiger partial charge in [-0.05, 0) is 55.6 Å². The minimum atomic E-state index is -0.519. The molecule has 0 amide bonds. The van der Waals surface area contributed by atoms with Gasteiger partial charge in [-0.3, -0.25) is 0 Å². The Kier molecular flexibility index (Phi) is 4.56. The molecule has 0 heterocycles. The molecule has 0 spiro atoms. The molecule has 2 N–H and O–H groups in total. The van der Waals surface area contributed by atoms with Crippen LogP contribution in [0, 0.1) is 29.4 Å². The van der Waals surface area contributed by atoms with Gasteiger partial charge in [0.15, 0.2) is 0 Å². The van der Waals surface area contributed by atoms with Crippen LogP contribution in [0.1, 0.15) is 51.1 Å². The van der Waals surface area contributed by atoms with Crippen LogP contribution in [0.15, 0.2) is 18.2 Å². The van der Waals surface area contributed by atoms with Crippen molar-refractivity contribution in [1.29, 1.82) is 0 Å². The fourth-order valence-electron chi connectivity index (χ4n) is 3.24. The highest BCUT2D eigenvalue weighted by Crippen LogP contribution is 2.39. The smallest absolute Gasteiger partial charge is 0.130 e. The van der Waals surface area contributed by atoms with Gasteiger partial charge in [-0.2, -0.15) is 0 Å². The summed E-state index contributed by atoms with van der Waals surface area (Å²) in [4.78, 5) is 0. The average Bonchev–Trinajstić information content (AvgIpc) is 2.38. The van der Waals surface area contributed by atoms with Crippen molar-refractivity contribution in [3.63, 3.8) is 0 Å². The van der Waals surface area contributed by atoms with E-state index in [0.29, 0.717) is 5.92 Å². The largest absolute Gasteiger partial charge is 0.324 e. The lowest BCUT2D eigenvalue weighted by molar-refractivity contribution is 0.200. The molecule has 0 bridgehead atoms. The highest BCUT2D eigenvalue weighted by Gasteiger charge is 2.30. The molecule has 1 nitrogen and oxygen atoms in total. The molecular weight excluding hydrogens is 244 g/mol. The van der Waals surface area contributed by atoms with Crippen LogP contribution >= 0.6 is 0 Å². The Bertz CT molecular complexity index is 403. The number of hydrogen-bond acceptors (Lipinski definition) is 1. The molecule has 0 aromatic heterocycles. The summed E-state index contributed by atoms with van der Waals surface area (Å²) in [5, 5.41) is 0. The maximum atomic E-state index is 13.7. The fourth-order valence-corrected chi connectivity index (χ4v) is 3.24. The van der Waals surface area contributed by atoms with Crippen molar-refractivity contribution in [3.05, 3.63) is 35.4 Å². The van der Waals surface area contributed by atoms with E-state index >= 15 is 0 Å². The third kappa shape index (κ3) is 3.14. The lowest BCUT2D eigenvalue weighted by atomic mass is 9.73. The summed E-state index contributed by atoms with van der Waals surface area (Å²) in [5.41, 5.74) is 6.18. The van der Waals surface area contributed by atoms with Gasteiger partial charge in [-0.15, -0.1) is 0 Å². The van der Waals surface area contributed by atoms with Gasteiger partial charge in [0.25, 0.3) is 0 Å². The first-order valence-corrected chi connectivity index (χ1v) is 7.20. The molecule has 0 aliphatic heterocycles. The topological polar surface area (TPSA) is 26.0 Å². The highest BCUT2D eigenvalue weighted by atomic mass is 19.1. The first-order chi connectivity index (χ1) is 9.00. The van der Waals surface area contributed by atoms with Gasteiger partial charge in [0.2, 0.25) is 0 Å². The summed E-state index contributed by atoms with van der Waals surface area (Å²) in [6, 6.07) is 3.45. The van der Waals surface area contributed by atoms with Crippen molar-refractivity contribution in [2.75, 3.05) is 0 Å². The third-order valence-electron chi connectivity index (χ3n) is 4.60. The summed E-state index contributed by atoms with van der Waals surface area (Å²) >= 11 is 0. The summed E-state index contributed by atoms with van der Waals surface area (Å²) in [6.45, 7) is 4.48. The second kappa shape index (κ2) is 6.00. The van der Waals surface area contributed by atoms with Gasteiger partial charge in [0.1, 0.15) is 11.6 Å². The molecular formula is C16H23F2N. The monoisotopic (exact) mass is 267 g/mol. The predicted molar refractivity (Wildman–Crippen MR) is 73.6 cm³/mol. The fraction of sp³-hybridized carbons (Fsp3) is 0.625. The molecule has 1 fully saturated rings. The van der Waals surface area contributed by atoms with Gasteiger partial charge in [0.05, 0.1) is 0 Å². The minimum Gasteiger partial charge on any atom is -0.324 e. The molecule has 0 saturated heterocycles. The van der Waals surface area contributed by atoms with E-state index in [-0.39, 0.29) is 11.5 Å². The van der Waals surface area contributed by atoms with E-state index in [4.69, 9.17) is 5.73 Å². The van der Waals surface area contributed by atoms with E-state index in [0.717, 1.165) is 31.6 Å². The molecule has 1 aliphatic carbocycles. The van der Waals surface area contributed by atoms with Crippen molar-refractivity contribution in [3.8, 4) is 0 Å². The summed E-state index contributed by atoms with van der Waals surface area (Å²) in [7, 11) is 0. The van der Waals surface area contributed by atoms with Crippen LogP contribution in [0.5, 0.6) is 0 Å². The van der Waals surface area contributed by atoms with Gasteiger partial charge in [-0.1, -0.05) is 19.9 Å². The molecule has 1 saturated carbocycles. The Hall–Kier alpha value is -0.960. The second-order valence-electron chi connectivity index (χ2n) is 6.08. The summed E-state index contributed by atoms with van der Waals surface area (Å²) in [5.74, 6) is 0.578. The minimum absolute atomic E-state index is 0.0653. The standard InChI is InChI=1S/C16H23F2N/c1-10(2)11-6-8-12(9-7-11)16(19)15-13(17)4-3-5-14(15)18/h3-5,10-12,16H,6-9,19H2,1-2H3. The van der Waals surface area contributed by atoms with E-state index in [1.165, 1.54) is 18.2 Å². The van der Waals surface area contributed by atoms with E-state index < -0.39 is 17.7 Å². The van der Waals surface area contributed by atoms with Crippen molar-refractivity contribution in [2.24, 2.45) is 23.5 Å². The number of halogens is 2. The van der Waals surface area contributed by atoms with Crippen LogP contribution in [-0.2, 0) is 0 Å². The second-order valence-corrected chi connectivity index (χ2v) is 6.08. The first kappa shape index (κ1) is 14.4. The summed E-state index contributed by atoms with van der Waals surface area (Å²) in [6.07, 6.45) is 4.17. The van der Waals surface area contributed by atoms with Gasteiger partial charge in [-0.25, -0.2) is 8.78 Å². The maximum absolute atomic E-state index is 13.7. The number of hydrogen-bond donors (Lipinski definition) is 1. The molecule has 1 aromatic rings. The normalized spacial score (nSPS) is 25.6. The van der Waals surface area contributed by atoms with Crippen molar-refractivity contribution in [1.82, 2.24) is 0 Å². The number of benzene rings is 1. The Balaban J connectivity index is 2.07. The lowest BCUT2D eigenvalue weighted by Gasteiger charge is -2.34. The van der Waals surface area contributed by atoms with Crippen LogP contribution in [0.2, 0.25) is 0 Å². The van der Waals surface area contributed by atoms with Crippen LogP contribution in [0.25, 0.3) is 0 Å². The van der Waals surface area contributed by atoms with Crippen molar-refractivity contribution in [2.45, 2.75) is 45.6 Å². The number of nitrogens with two attached hydrogens (primary N) is 1. The third-order valence-corrected chi connectivity index (χ3v) is 4.60. The predicted octanol–water partition coefficient (Wildman–Crippen LogP) is 4.43. The maximum Gasteiger partial charge on any atom is 0.130 e. The Morgan fingerprint density at radius 2 is 1.47 bits per heavy atom. The van der Waals surface area contributed by atoms with Gasteiger partial charge >= 0.3 is 0 Å².